The molecule has 1 aliphatic heterocycles. The van der Waals surface area contributed by atoms with Gasteiger partial charge in [-0.3, -0.25) is 9.59 Å². The molecule has 1 fully saturated rings. The van der Waals surface area contributed by atoms with Crippen molar-refractivity contribution in [2.24, 2.45) is 0 Å². The molecule has 2 amide bonds. The van der Waals surface area contributed by atoms with Crippen molar-refractivity contribution in [3.8, 4) is 0 Å². The van der Waals surface area contributed by atoms with Crippen molar-refractivity contribution in [1.29, 1.82) is 0 Å². The van der Waals surface area contributed by atoms with Crippen LogP contribution >= 0.6 is 0 Å². The van der Waals surface area contributed by atoms with E-state index in [2.05, 4.69) is 26.0 Å². The predicted octanol–water partition coefficient (Wildman–Crippen LogP) is 3.71. The van der Waals surface area contributed by atoms with Gasteiger partial charge in [0.1, 0.15) is 18.4 Å². The molecule has 3 rings (SSSR count). The predicted molar refractivity (Wildman–Crippen MR) is 102 cm³/mol. The number of halogens is 1. The first-order valence-electron chi connectivity index (χ1n) is 9.26. The number of hydrogen-bond acceptors (Lipinski definition) is 2. The van der Waals surface area contributed by atoms with Crippen LogP contribution < -0.4 is 0 Å². The van der Waals surface area contributed by atoms with Crippen LogP contribution in [0.25, 0.3) is 0 Å². The lowest BCUT2D eigenvalue weighted by molar-refractivity contribution is -0.156. The number of nitrogens with zero attached hydrogens (tertiary/aromatic N) is 2. The zero-order chi connectivity index (χ0) is 19.6. The molecule has 0 aromatic heterocycles. The van der Waals surface area contributed by atoms with Gasteiger partial charge in [0, 0.05) is 13.1 Å². The van der Waals surface area contributed by atoms with E-state index in [-0.39, 0.29) is 30.7 Å². The largest absolute Gasteiger partial charge is 0.327 e. The number of carbonyl (C=O) groups excluding carboxylic acids is 2. The second-order valence-corrected chi connectivity index (χ2v) is 7.42. The summed E-state index contributed by atoms with van der Waals surface area (Å²) in [5.41, 5.74) is 2.93. The molecule has 1 saturated heterocycles. The third-order valence-electron chi connectivity index (χ3n) is 5.04. The average molecular weight is 368 g/mol. The highest BCUT2D eigenvalue weighted by atomic mass is 19.1. The number of benzene rings is 2. The van der Waals surface area contributed by atoms with Crippen molar-refractivity contribution in [2.75, 3.05) is 6.54 Å². The zero-order valence-electron chi connectivity index (χ0n) is 16.0. The monoisotopic (exact) mass is 368 g/mol. The smallest absolute Gasteiger partial charge is 0.245 e. The molecule has 0 N–H and O–H groups in total. The van der Waals surface area contributed by atoms with Crippen LogP contribution in [-0.2, 0) is 22.7 Å². The van der Waals surface area contributed by atoms with Gasteiger partial charge < -0.3 is 9.80 Å². The topological polar surface area (TPSA) is 40.6 Å². The van der Waals surface area contributed by atoms with E-state index in [1.165, 1.54) is 22.6 Å². The number of rotatable bonds is 5. The Labute approximate surface area is 159 Å². The van der Waals surface area contributed by atoms with Gasteiger partial charge in [0.15, 0.2) is 0 Å². The van der Waals surface area contributed by atoms with E-state index in [0.717, 1.165) is 5.56 Å². The Hall–Kier alpha value is -2.69. The maximum absolute atomic E-state index is 13.4. The Morgan fingerprint density at radius 2 is 1.74 bits per heavy atom. The van der Waals surface area contributed by atoms with Crippen molar-refractivity contribution >= 4 is 11.8 Å². The molecular weight excluding hydrogens is 343 g/mol. The van der Waals surface area contributed by atoms with Crippen LogP contribution in [0.2, 0.25) is 0 Å². The minimum Gasteiger partial charge on any atom is -0.327 e. The molecule has 1 atom stereocenters. The van der Waals surface area contributed by atoms with Crippen LogP contribution in [-0.4, -0.2) is 34.2 Å². The van der Waals surface area contributed by atoms with E-state index >= 15 is 0 Å². The van der Waals surface area contributed by atoms with Crippen molar-refractivity contribution in [1.82, 2.24) is 9.80 Å². The maximum atomic E-state index is 13.4. The van der Waals surface area contributed by atoms with Crippen LogP contribution in [0, 0.1) is 5.82 Å². The van der Waals surface area contributed by atoms with Gasteiger partial charge in [0.05, 0.1) is 0 Å². The molecule has 2 aromatic carbocycles. The summed E-state index contributed by atoms with van der Waals surface area (Å²) in [7, 11) is 0. The van der Waals surface area contributed by atoms with Gasteiger partial charge in [-0.15, -0.1) is 0 Å². The molecule has 0 bridgehead atoms. The summed E-state index contributed by atoms with van der Waals surface area (Å²) < 4.78 is 13.4. The van der Waals surface area contributed by atoms with Crippen molar-refractivity contribution in [2.45, 2.75) is 45.8 Å². The molecule has 0 spiro atoms. The summed E-state index contributed by atoms with van der Waals surface area (Å²) in [6.45, 7) is 6.69. The van der Waals surface area contributed by atoms with Crippen LogP contribution in [0.15, 0.2) is 48.5 Å². The molecule has 4 nitrogen and oxygen atoms in total. The fourth-order valence-corrected chi connectivity index (χ4v) is 3.36. The molecule has 0 unspecified atom stereocenters. The highest BCUT2D eigenvalue weighted by molar-refractivity contribution is 5.94. The average Bonchev–Trinajstić information content (AvgIpc) is 2.63. The number of piperazine rings is 1. The number of carbonyl (C=O) groups is 2. The molecule has 27 heavy (non-hydrogen) atoms. The van der Waals surface area contributed by atoms with Crippen LogP contribution in [0.3, 0.4) is 0 Å². The molecule has 1 aliphatic rings. The summed E-state index contributed by atoms with van der Waals surface area (Å²) in [6.07, 6.45) is 0. The Balaban J connectivity index is 1.69. The Bertz CT molecular complexity index is 832. The van der Waals surface area contributed by atoms with Gasteiger partial charge in [-0.05, 0) is 41.7 Å². The van der Waals surface area contributed by atoms with E-state index in [4.69, 9.17) is 0 Å². The van der Waals surface area contributed by atoms with Crippen molar-refractivity contribution in [3.63, 3.8) is 0 Å². The first-order valence-corrected chi connectivity index (χ1v) is 9.26. The second-order valence-electron chi connectivity index (χ2n) is 7.42. The summed E-state index contributed by atoms with van der Waals surface area (Å²) in [6, 6.07) is 13.7. The van der Waals surface area contributed by atoms with Gasteiger partial charge in [0.2, 0.25) is 11.8 Å². The minimum absolute atomic E-state index is 0.0176. The highest BCUT2D eigenvalue weighted by Crippen LogP contribution is 2.20. The lowest BCUT2D eigenvalue weighted by Gasteiger charge is -2.39. The number of amides is 2. The number of hydrogen-bond donors (Lipinski definition) is 0. The molecule has 0 radical (unpaired) electrons. The van der Waals surface area contributed by atoms with Gasteiger partial charge in [-0.2, -0.15) is 0 Å². The van der Waals surface area contributed by atoms with Crippen molar-refractivity contribution in [3.05, 3.63) is 71.0 Å². The van der Waals surface area contributed by atoms with E-state index in [9.17, 15) is 14.0 Å². The molecule has 0 aliphatic carbocycles. The fraction of sp³-hybridized carbons (Fsp3) is 0.364. The lowest BCUT2D eigenvalue weighted by Crippen LogP contribution is -2.57. The maximum Gasteiger partial charge on any atom is 0.245 e. The Kier molecular flexibility index (Phi) is 5.59. The lowest BCUT2D eigenvalue weighted by atomic mass is 10.0. The van der Waals surface area contributed by atoms with Gasteiger partial charge in [-0.1, -0.05) is 50.2 Å². The zero-order valence-corrected chi connectivity index (χ0v) is 16.0. The molecule has 1 heterocycles. The summed E-state index contributed by atoms with van der Waals surface area (Å²) in [5.74, 6) is -0.0977. The molecule has 0 saturated carbocycles. The van der Waals surface area contributed by atoms with Gasteiger partial charge >= 0.3 is 0 Å². The first-order chi connectivity index (χ1) is 12.8. The van der Waals surface area contributed by atoms with Crippen molar-refractivity contribution < 1.29 is 14.0 Å². The Morgan fingerprint density at radius 3 is 2.37 bits per heavy atom. The Morgan fingerprint density at radius 1 is 1.04 bits per heavy atom. The van der Waals surface area contributed by atoms with Crippen LogP contribution in [0.1, 0.15) is 43.4 Å². The summed E-state index contributed by atoms with van der Waals surface area (Å²) in [5, 5.41) is 0. The van der Waals surface area contributed by atoms with E-state index in [1.807, 2.05) is 12.1 Å². The summed E-state index contributed by atoms with van der Waals surface area (Å²) >= 11 is 0. The standard InChI is InChI=1S/C22H25FN2O2/c1-15(2)19-9-7-17(8-10-19)13-25-16(3)22(27)24(14-21(25)26)12-18-5-4-6-20(23)11-18/h4-11,15-16H,12-14H2,1-3H3/t16-/m0/s1. The van der Waals surface area contributed by atoms with Gasteiger partial charge in [-0.25, -0.2) is 4.39 Å². The third kappa shape index (κ3) is 4.35. The van der Waals surface area contributed by atoms with E-state index in [1.54, 1.807) is 24.0 Å². The molecule has 5 heteroatoms. The minimum atomic E-state index is -0.537. The highest BCUT2D eigenvalue weighted by Gasteiger charge is 2.36. The normalized spacial score (nSPS) is 17.7. The van der Waals surface area contributed by atoms with E-state index in [0.29, 0.717) is 18.0 Å². The molecule has 2 aromatic rings. The fourth-order valence-electron chi connectivity index (χ4n) is 3.36. The van der Waals surface area contributed by atoms with Gasteiger partial charge in [0.25, 0.3) is 0 Å². The molecule has 142 valence electrons. The molecular formula is C22H25FN2O2. The van der Waals surface area contributed by atoms with E-state index < -0.39 is 6.04 Å². The van der Waals surface area contributed by atoms with Crippen LogP contribution in [0.4, 0.5) is 4.39 Å². The SMILES string of the molecule is CC(C)c1ccc(CN2C(=O)CN(Cc3cccc(F)c3)C(=O)[C@@H]2C)cc1. The third-order valence-corrected chi connectivity index (χ3v) is 5.04. The first kappa shape index (κ1) is 19.1. The quantitative estimate of drug-likeness (QED) is 0.807. The summed E-state index contributed by atoms with van der Waals surface area (Å²) in [4.78, 5) is 28.5. The van der Waals surface area contributed by atoms with Crippen LogP contribution in [0.5, 0.6) is 0 Å². The second kappa shape index (κ2) is 7.91.